The van der Waals surface area contributed by atoms with Gasteiger partial charge in [0.2, 0.25) is 0 Å². The van der Waals surface area contributed by atoms with Crippen LogP contribution in [0.5, 0.6) is 0 Å². The summed E-state index contributed by atoms with van der Waals surface area (Å²) in [6.07, 6.45) is 2.00. The Morgan fingerprint density at radius 1 is 1.27 bits per heavy atom. The summed E-state index contributed by atoms with van der Waals surface area (Å²) in [5.74, 6) is 0. The molecule has 0 heterocycles. The first kappa shape index (κ1) is 8.41. The Morgan fingerprint density at radius 2 is 2.00 bits per heavy atom. The minimum Gasteiger partial charge on any atom is -0.151 e. The van der Waals surface area contributed by atoms with Gasteiger partial charge in [-0.05, 0) is 36.5 Å². The molecule has 0 N–H and O–H groups in total. The Balaban J connectivity index is 3.09. The van der Waals surface area contributed by atoms with Gasteiger partial charge >= 0.3 is 0 Å². The van der Waals surface area contributed by atoms with Crippen LogP contribution in [0.2, 0.25) is 0 Å². The molecular weight excluding hydrogens is 152 g/mol. The molecule has 0 radical (unpaired) electrons. The topological polar surface area (TPSA) is 0 Å². The van der Waals surface area contributed by atoms with E-state index in [1.165, 1.54) is 16.7 Å². The lowest BCUT2D eigenvalue weighted by atomic mass is 10.1. The number of aryl methyl sites for hydroxylation is 2. The van der Waals surface area contributed by atoms with E-state index in [0.717, 1.165) is 0 Å². The highest BCUT2D eigenvalue weighted by atomic mass is 32.1. The molecule has 0 spiro atoms. The highest BCUT2D eigenvalue weighted by molar-refractivity contribution is 7.83. The van der Waals surface area contributed by atoms with Gasteiger partial charge in [-0.3, -0.25) is 0 Å². The third-order valence-electron chi connectivity index (χ3n) is 1.68. The second-order valence-electron chi connectivity index (χ2n) is 2.68. The molecule has 0 bridgehead atoms. The monoisotopic (exact) mass is 164 g/mol. The Kier molecular flexibility index (Phi) is 2.77. The third-order valence-corrected chi connectivity index (χ3v) is 1.83. The van der Waals surface area contributed by atoms with Crippen LogP contribution in [0.3, 0.4) is 0 Å². The fourth-order valence-electron chi connectivity index (χ4n) is 1.09. The van der Waals surface area contributed by atoms with E-state index >= 15 is 0 Å². The van der Waals surface area contributed by atoms with Crippen LogP contribution in [-0.2, 0) is 0 Å². The summed E-state index contributed by atoms with van der Waals surface area (Å²) < 4.78 is 0. The smallest absolute Gasteiger partial charge is 0.0222 e. The van der Waals surface area contributed by atoms with E-state index in [0.29, 0.717) is 0 Å². The summed E-state index contributed by atoms with van der Waals surface area (Å²) in [5.41, 5.74) is 3.85. The Bertz CT molecular complexity index is 274. The van der Waals surface area contributed by atoms with Gasteiger partial charge in [-0.15, -0.1) is 0 Å². The molecule has 0 fully saturated rings. The Labute approximate surface area is 73.4 Å². The van der Waals surface area contributed by atoms with Gasteiger partial charge in [0.25, 0.3) is 0 Å². The van der Waals surface area contributed by atoms with Crippen LogP contribution < -0.4 is 0 Å². The summed E-state index contributed by atoms with van der Waals surface area (Å²) in [6.45, 7) is 4.21. The van der Waals surface area contributed by atoms with Crippen molar-refractivity contribution in [1.82, 2.24) is 0 Å². The molecule has 0 nitrogen and oxygen atoms in total. The van der Waals surface area contributed by atoms with E-state index < -0.39 is 0 Å². The van der Waals surface area contributed by atoms with Gasteiger partial charge in [-0.25, -0.2) is 0 Å². The van der Waals surface area contributed by atoms with Crippen molar-refractivity contribution in [2.45, 2.75) is 13.8 Å². The fourth-order valence-corrected chi connectivity index (χ4v) is 1.25. The molecule has 0 saturated carbocycles. The summed E-state index contributed by atoms with van der Waals surface area (Å²) in [7, 11) is 0. The lowest BCUT2D eigenvalue weighted by molar-refractivity contribution is 1.37. The van der Waals surface area contributed by atoms with Gasteiger partial charge in [0.1, 0.15) is 0 Å². The van der Waals surface area contributed by atoms with Gasteiger partial charge in [0.15, 0.2) is 0 Å². The molecule has 0 amide bonds. The van der Waals surface area contributed by atoms with Crippen molar-refractivity contribution < 1.29 is 0 Å². The molecule has 1 aromatic rings. The summed E-state index contributed by atoms with van der Waals surface area (Å²) in [5, 5.41) is 1.76. The zero-order valence-electron chi connectivity index (χ0n) is 6.83. The maximum Gasteiger partial charge on any atom is -0.0222 e. The second-order valence-corrected chi connectivity index (χ2v) is 2.97. The van der Waals surface area contributed by atoms with Crippen molar-refractivity contribution in [3.8, 4) is 0 Å². The number of hydrogen-bond acceptors (Lipinski definition) is 1. The Hall–Kier alpha value is -0.690. The molecule has 0 aliphatic carbocycles. The molecule has 11 heavy (non-hydrogen) atoms. The minimum atomic E-state index is 1.24. The maximum absolute atomic E-state index is 4.02. The minimum absolute atomic E-state index is 1.24. The van der Waals surface area contributed by atoms with E-state index in [1.807, 2.05) is 6.08 Å². The molecule has 58 valence electrons. The molecular formula is C10H12S. The zero-order valence-corrected chi connectivity index (χ0v) is 7.73. The van der Waals surface area contributed by atoms with Crippen molar-refractivity contribution in [3.05, 3.63) is 40.3 Å². The first-order valence-electron chi connectivity index (χ1n) is 3.62. The van der Waals surface area contributed by atoms with Gasteiger partial charge < -0.3 is 0 Å². The van der Waals surface area contributed by atoms with Crippen molar-refractivity contribution in [2.75, 3.05) is 0 Å². The van der Waals surface area contributed by atoms with Crippen LogP contribution in [0.15, 0.2) is 23.6 Å². The van der Waals surface area contributed by atoms with Crippen molar-refractivity contribution >= 4 is 18.7 Å². The van der Waals surface area contributed by atoms with Crippen molar-refractivity contribution in [2.24, 2.45) is 0 Å². The molecule has 1 heteroatoms. The standard InChI is InChI=1S/C10H12S/c1-8-3-4-10(5-6-11)9(2)7-8/h3-7,11H,1-2H3/b6-5-. The van der Waals surface area contributed by atoms with E-state index in [2.05, 4.69) is 44.7 Å². The molecule has 1 rings (SSSR count). The molecule has 0 aliphatic heterocycles. The van der Waals surface area contributed by atoms with Crippen LogP contribution in [0, 0.1) is 13.8 Å². The van der Waals surface area contributed by atoms with Crippen LogP contribution in [-0.4, -0.2) is 0 Å². The van der Waals surface area contributed by atoms with Crippen LogP contribution in [0.1, 0.15) is 16.7 Å². The van der Waals surface area contributed by atoms with E-state index in [4.69, 9.17) is 0 Å². The second kappa shape index (κ2) is 3.63. The molecule has 0 atom stereocenters. The number of hydrogen-bond donors (Lipinski definition) is 1. The first-order valence-corrected chi connectivity index (χ1v) is 4.13. The summed E-state index contributed by atoms with van der Waals surface area (Å²) >= 11 is 4.02. The van der Waals surface area contributed by atoms with Crippen LogP contribution in [0.25, 0.3) is 6.08 Å². The highest BCUT2D eigenvalue weighted by Crippen LogP contribution is 2.12. The number of thiol groups is 1. The van der Waals surface area contributed by atoms with E-state index in [-0.39, 0.29) is 0 Å². The average Bonchev–Trinajstić information content (AvgIpc) is 1.95. The predicted molar refractivity (Wildman–Crippen MR) is 53.9 cm³/mol. The first-order chi connectivity index (χ1) is 5.24. The average molecular weight is 164 g/mol. The summed E-state index contributed by atoms with van der Waals surface area (Å²) in [6, 6.07) is 6.39. The summed E-state index contributed by atoms with van der Waals surface area (Å²) in [4.78, 5) is 0. The highest BCUT2D eigenvalue weighted by Gasteiger charge is 1.92. The molecule has 0 saturated heterocycles. The molecule has 0 aliphatic rings. The fraction of sp³-hybridized carbons (Fsp3) is 0.200. The van der Waals surface area contributed by atoms with Crippen molar-refractivity contribution in [3.63, 3.8) is 0 Å². The number of rotatable bonds is 1. The van der Waals surface area contributed by atoms with Gasteiger partial charge in [-0.1, -0.05) is 23.8 Å². The third kappa shape index (κ3) is 2.12. The molecule has 1 aromatic carbocycles. The maximum atomic E-state index is 4.02. The molecule has 0 aromatic heterocycles. The van der Waals surface area contributed by atoms with Gasteiger partial charge in [-0.2, -0.15) is 12.6 Å². The lowest BCUT2D eigenvalue weighted by Gasteiger charge is -2.00. The lowest BCUT2D eigenvalue weighted by Crippen LogP contribution is -1.80. The van der Waals surface area contributed by atoms with E-state index in [1.54, 1.807) is 5.41 Å². The SMILES string of the molecule is Cc1ccc(/C=C\S)c(C)c1. The Morgan fingerprint density at radius 3 is 2.55 bits per heavy atom. The number of benzene rings is 1. The zero-order chi connectivity index (χ0) is 8.27. The van der Waals surface area contributed by atoms with E-state index in [9.17, 15) is 0 Å². The molecule has 0 unspecified atom stereocenters. The van der Waals surface area contributed by atoms with Crippen LogP contribution >= 0.6 is 12.6 Å². The van der Waals surface area contributed by atoms with Crippen LogP contribution in [0.4, 0.5) is 0 Å². The quantitative estimate of drug-likeness (QED) is 0.605. The van der Waals surface area contributed by atoms with Crippen molar-refractivity contribution in [1.29, 1.82) is 0 Å². The van der Waals surface area contributed by atoms with Gasteiger partial charge in [0.05, 0.1) is 0 Å². The normalized spacial score (nSPS) is 10.8. The van der Waals surface area contributed by atoms with Gasteiger partial charge in [0, 0.05) is 0 Å². The predicted octanol–water partition coefficient (Wildman–Crippen LogP) is 3.20. The largest absolute Gasteiger partial charge is 0.151 e.